The van der Waals surface area contributed by atoms with Gasteiger partial charge in [-0.15, -0.1) is 0 Å². The molecule has 2 heterocycles. The Kier molecular flexibility index (Phi) is 7.27. The molecule has 1 aromatic heterocycles. The average Bonchev–Trinajstić information content (AvgIpc) is 3.45. The van der Waals surface area contributed by atoms with Crippen molar-refractivity contribution in [1.82, 2.24) is 15.0 Å². The molecule has 2 N–H and O–H groups in total. The van der Waals surface area contributed by atoms with Gasteiger partial charge >= 0.3 is 0 Å². The lowest BCUT2D eigenvalue weighted by Gasteiger charge is -2.16. The van der Waals surface area contributed by atoms with Gasteiger partial charge < -0.3 is 15.0 Å². The van der Waals surface area contributed by atoms with Gasteiger partial charge in [0.2, 0.25) is 17.8 Å². The van der Waals surface area contributed by atoms with Crippen LogP contribution >= 0.6 is 0 Å². The number of rotatable bonds is 9. The lowest BCUT2D eigenvalue weighted by Crippen LogP contribution is -2.21. The van der Waals surface area contributed by atoms with Crippen molar-refractivity contribution in [3.8, 4) is 5.75 Å². The third-order valence-electron chi connectivity index (χ3n) is 5.64. The van der Waals surface area contributed by atoms with Crippen LogP contribution in [0.4, 0.5) is 27.9 Å². The minimum Gasteiger partial charge on any atom is -0.488 e. The summed E-state index contributed by atoms with van der Waals surface area (Å²) in [6, 6.07) is 23.6. The Morgan fingerprint density at radius 1 is 0.861 bits per heavy atom. The lowest BCUT2D eigenvalue weighted by atomic mass is 10.2. The van der Waals surface area contributed by atoms with Gasteiger partial charge in [-0.25, -0.2) is 9.82 Å². The van der Waals surface area contributed by atoms with E-state index in [1.807, 2.05) is 54.6 Å². The molecule has 0 amide bonds. The highest BCUT2D eigenvalue weighted by atomic mass is 19.1. The summed E-state index contributed by atoms with van der Waals surface area (Å²) in [5.41, 5.74) is 5.48. The van der Waals surface area contributed by atoms with Crippen molar-refractivity contribution in [3.05, 3.63) is 95.8 Å². The van der Waals surface area contributed by atoms with E-state index in [1.54, 1.807) is 18.3 Å². The summed E-state index contributed by atoms with van der Waals surface area (Å²) in [5, 5.41) is 7.59. The summed E-state index contributed by atoms with van der Waals surface area (Å²) >= 11 is 0. The maximum Gasteiger partial charge on any atom is 0.250 e. The number of nitrogens with one attached hydrogen (secondary N) is 2. The van der Waals surface area contributed by atoms with Gasteiger partial charge in [0.25, 0.3) is 0 Å². The van der Waals surface area contributed by atoms with Crippen molar-refractivity contribution < 1.29 is 9.13 Å². The number of anilines is 4. The number of para-hydroxylation sites is 2. The number of ether oxygens (including phenoxy) is 1. The van der Waals surface area contributed by atoms with E-state index in [0.717, 1.165) is 42.7 Å². The van der Waals surface area contributed by atoms with Crippen LogP contribution in [0.25, 0.3) is 0 Å². The standard InChI is InChI=1S/C27H26FN7O/c28-22-14-12-20(13-15-22)19-36-24-11-5-4-8-21(24)18-29-34-26-31-25(30-23-9-2-1-3-10-23)32-27(33-26)35-16-6-7-17-35/h1-5,8-15,18H,6-7,16-17,19H2,(H2,30,31,32,33,34)/b29-18+. The van der Waals surface area contributed by atoms with Crippen LogP contribution in [0.2, 0.25) is 0 Å². The summed E-state index contributed by atoms with van der Waals surface area (Å²) in [7, 11) is 0. The second kappa shape index (κ2) is 11.3. The molecule has 182 valence electrons. The van der Waals surface area contributed by atoms with Crippen molar-refractivity contribution in [2.24, 2.45) is 5.10 Å². The van der Waals surface area contributed by atoms with Gasteiger partial charge in [0, 0.05) is 24.3 Å². The van der Waals surface area contributed by atoms with Gasteiger partial charge in [-0.3, -0.25) is 0 Å². The van der Waals surface area contributed by atoms with Crippen molar-refractivity contribution in [2.45, 2.75) is 19.4 Å². The molecule has 0 bridgehead atoms. The van der Waals surface area contributed by atoms with Gasteiger partial charge in [0.05, 0.1) is 6.21 Å². The number of hydrazone groups is 1. The first kappa shape index (κ1) is 23.2. The minimum absolute atomic E-state index is 0.272. The van der Waals surface area contributed by atoms with Crippen molar-refractivity contribution in [1.29, 1.82) is 0 Å². The molecule has 9 heteroatoms. The largest absolute Gasteiger partial charge is 0.488 e. The quantitative estimate of drug-likeness (QED) is 0.244. The van der Waals surface area contributed by atoms with Crippen LogP contribution in [-0.4, -0.2) is 34.3 Å². The SMILES string of the molecule is Fc1ccc(COc2ccccc2/C=N/Nc2nc(Nc3ccccc3)nc(N3CCCC3)n2)cc1. The molecule has 1 aliphatic heterocycles. The zero-order valence-corrected chi connectivity index (χ0v) is 19.6. The lowest BCUT2D eigenvalue weighted by molar-refractivity contribution is 0.305. The van der Waals surface area contributed by atoms with Crippen LogP contribution in [0.3, 0.4) is 0 Å². The molecular formula is C27H26FN7O. The molecule has 0 radical (unpaired) electrons. The van der Waals surface area contributed by atoms with E-state index in [9.17, 15) is 4.39 Å². The van der Waals surface area contributed by atoms with Crippen LogP contribution in [0.1, 0.15) is 24.0 Å². The first-order valence-corrected chi connectivity index (χ1v) is 11.8. The number of halogens is 1. The number of nitrogens with zero attached hydrogens (tertiary/aromatic N) is 5. The van der Waals surface area contributed by atoms with E-state index < -0.39 is 0 Å². The van der Waals surface area contributed by atoms with Crippen molar-refractivity contribution in [3.63, 3.8) is 0 Å². The van der Waals surface area contributed by atoms with Crippen molar-refractivity contribution >= 4 is 29.7 Å². The van der Waals surface area contributed by atoms with Crippen LogP contribution in [0.5, 0.6) is 5.75 Å². The highest BCUT2D eigenvalue weighted by Gasteiger charge is 2.17. The average molecular weight is 484 g/mol. The van der Waals surface area contributed by atoms with Crippen LogP contribution < -0.4 is 20.4 Å². The maximum atomic E-state index is 13.2. The molecular weight excluding hydrogens is 457 g/mol. The molecule has 0 spiro atoms. The molecule has 3 aromatic carbocycles. The topological polar surface area (TPSA) is 87.6 Å². The molecule has 1 aliphatic rings. The molecule has 1 saturated heterocycles. The summed E-state index contributed by atoms with van der Waals surface area (Å²) in [4.78, 5) is 15.8. The van der Waals surface area contributed by atoms with E-state index in [-0.39, 0.29) is 5.82 Å². The Morgan fingerprint density at radius 3 is 2.39 bits per heavy atom. The summed E-state index contributed by atoms with van der Waals surface area (Å²) in [6.07, 6.45) is 3.88. The Labute approximate surface area is 208 Å². The highest BCUT2D eigenvalue weighted by molar-refractivity contribution is 5.83. The Morgan fingerprint density at radius 2 is 1.58 bits per heavy atom. The summed E-state index contributed by atoms with van der Waals surface area (Å²) in [6.45, 7) is 2.15. The maximum absolute atomic E-state index is 13.2. The predicted octanol–water partition coefficient (Wildman–Crippen LogP) is 5.38. The molecule has 5 rings (SSSR count). The second-order valence-electron chi connectivity index (χ2n) is 8.29. The van der Waals surface area contributed by atoms with Gasteiger partial charge in [0.1, 0.15) is 18.2 Å². The van der Waals surface area contributed by atoms with E-state index >= 15 is 0 Å². The summed E-state index contributed by atoms with van der Waals surface area (Å²) in [5.74, 6) is 1.78. The predicted molar refractivity (Wildman–Crippen MR) is 139 cm³/mol. The third-order valence-corrected chi connectivity index (χ3v) is 5.64. The third kappa shape index (κ3) is 6.12. The highest BCUT2D eigenvalue weighted by Crippen LogP contribution is 2.21. The van der Waals surface area contributed by atoms with Crippen molar-refractivity contribution in [2.75, 3.05) is 28.7 Å². The van der Waals surface area contributed by atoms with Gasteiger partial charge in [-0.05, 0) is 54.8 Å². The Balaban J connectivity index is 1.31. The molecule has 4 aromatic rings. The van der Waals surface area contributed by atoms with E-state index in [0.29, 0.717) is 30.2 Å². The molecule has 0 saturated carbocycles. The van der Waals surface area contributed by atoms with Crippen LogP contribution in [0, 0.1) is 5.82 Å². The molecule has 36 heavy (non-hydrogen) atoms. The Bertz CT molecular complexity index is 1310. The normalized spacial score (nSPS) is 13.2. The first-order chi connectivity index (χ1) is 17.7. The van der Waals surface area contributed by atoms with Gasteiger partial charge in [-0.1, -0.05) is 42.5 Å². The number of aromatic nitrogens is 3. The van der Waals surface area contributed by atoms with Crippen LogP contribution in [-0.2, 0) is 6.61 Å². The zero-order valence-electron chi connectivity index (χ0n) is 19.6. The fourth-order valence-corrected chi connectivity index (χ4v) is 3.80. The van der Waals surface area contributed by atoms with E-state index in [2.05, 4.69) is 35.7 Å². The first-order valence-electron chi connectivity index (χ1n) is 11.8. The molecule has 0 aliphatic carbocycles. The van der Waals surface area contributed by atoms with E-state index in [4.69, 9.17) is 4.74 Å². The minimum atomic E-state index is -0.272. The zero-order chi connectivity index (χ0) is 24.6. The number of benzene rings is 3. The number of hydrogen-bond acceptors (Lipinski definition) is 8. The Hall–Kier alpha value is -4.53. The van der Waals surface area contributed by atoms with E-state index in [1.165, 1.54) is 12.1 Å². The molecule has 1 fully saturated rings. The molecule has 0 atom stereocenters. The monoisotopic (exact) mass is 483 g/mol. The molecule has 8 nitrogen and oxygen atoms in total. The fraction of sp³-hybridized carbons (Fsp3) is 0.185. The smallest absolute Gasteiger partial charge is 0.250 e. The summed E-state index contributed by atoms with van der Waals surface area (Å²) < 4.78 is 19.1. The fourth-order valence-electron chi connectivity index (χ4n) is 3.80. The van der Waals surface area contributed by atoms with Gasteiger partial charge in [-0.2, -0.15) is 20.1 Å². The number of hydrogen-bond donors (Lipinski definition) is 2. The second-order valence-corrected chi connectivity index (χ2v) is 8.29. The molecule has 0 unspecified atom stereocenters. The van der Waals surface area contributed by atoms with Gasteiger partial charge in [0.15, 0.2) is 0 Å². The van der Waals surface area contributed by atoms with Crippen LogP contribution in [0.15, 0.2) is 84.0 Å².